The summed E-state index contributed by atoms with van der Waals surface area (Å²) in [6.45, 7) is 2.14. The van der Waals surface area contributed by atoms with Crippen molar-refractivity contribution >= 4 is 5.82 Å². The van der Waals surface area contributed by atoms with Gasteiger partial charge in [0, 0.05) is 17.8 Å². The number of hydrogen-bond acceptors (Lipinski definition) is 7. The summed E-state index contributed by atoms with van der Waals surface area (Å²) in [6, 6.07) is 9.01. The lowest BCUT2D eigenvalue weighted by atomic mass is 10.0. The summed E-state index contributed by atoms with van der Waals surface area (Å²) < 4.78 is 10.3. The van der Waals surface area contributed by atoms with Crippen LogP contribution in [0.25, 0.3) is 11.3 Å². The average molecular weight is 380 g/mol. The molecule has 0 fully saturated rings. The number of nitrogens with zero attached hydrogens (tertiary/aromatic N) is 3. The molecule has 0 aliphatic carbocycles. The van der Waals surface area contributed by atoms with Crippen LogP contribution < -0.4 is 14.8 Å². The van der Waals surface area contributed by atoms with Crippen molar-refractivity contribution in [1.29, 1.82) is 0 Å². The van der Waals surface area contributed by atoms with Gasteiger partial charge in [-0.25, -0.2) is 9.97 Å². The van der Waals surface area contributed by atoms with Crippen LogP contribution in [0.15, 0.2) is 48.9 Å². The lowest BCUT2D eigenvalue weighted by Crippen LogP contribution is -2.12. The Balaban J connectivity index is 1.85. The van der Waals surface area contributed by atoms with Crippen molar-refractivity contribution in [3.05, 3.63) is 54.5 Å². The molecule has 28 heavy (non-hydrogen) atoms. The minimum absolute atomic E-state index is 0.0577. The van der Waals surface area contributed by atoms with Crippen molar-refractivity contribution in [2.24, 2.45) is 0 Å². The number of methoxy groups -OCH3 is 2. The number of phenols is 1. The second kappa shape index (κ2) is 9.03. The van der Waals surface area contributed by atoms with E-state index in [4.69, 9.17) is 9.47 Å². The number of ether oxygens (including phenoxy) is 2. The van der Waals surface area contributed by atoms with Gasteiger partial charge in [0.25, 0.3) is 0 Å². The van der Waals surface area contributed by atoms with Crippen molar-refractivity contribution in [2.45, 2.75) is 25.8 Å². The standard InChI is InChI=1S/C21H24N4O3/c1-4-5-16(15-7-9-21(28-3)23-11-15)24-20-13-22-12-17(25-20)14-6-8-18(26)19(10-14)27-2/h6-13,16,26H,4-5H2,1-3H3,(H,24,25). The zero-order chi connectivity index (χ0) is 19.9. The minimum atomic E-state index is 0.0577. The lowest BCUT2D eigenvalue weighted by molar-refractivity contribution is 0.373. The van der Waals surface area contributed by atoms with Crippen molar-refractivity contribution in [1.82, 2.24) is 15.0 Å². The molecule has 0 aliphatic rings. The van der Waals surface area contributed by atoms with Gasteiger partial charge >= 0.3 is 0 Å². The summed E-state index contributed by atoms with van der Waals surface area (Å²) in [6.07, 6.45) is 7.12. The Morgan fingerprint density at radius 3 is 2.61 bits per heavy atom. The van der Waals surface area contributed by atoms with Crippen LogP contribution in [0.5, 0.6) is 17.4 Å². The van der Waals surface area contributed by atoms with Crippen molar-refractivity contribution in [3.8, 4) is 28.6 Å². The second-order valence-corrected chi connectivity index (χ2v) is 6.30. The number of aromatic nitrogens is 3. The summed E-state index contributed by atoms with van der Waals surface area (Å²) in [5, 5.41) is 13.2. The number of anilines is 1. The van der Waals surface area contributed by atoms with E-state index in [2.05, 4.69) is 27.2 Å². The van der Waals surface area contributed by atoms with Crippen LogP contribution in [0.4, 0.5) is 5.82 Å². The Morgan fingerprint density at radius 2 is 1.93 bits per heavy atom. The fourth-order valence-electron chi connectivity index (χ4n) is 2.92. The average Bonchev–Trinajstić information content (AvgIpc) is 2.74. The molecule has 0 bridgehead atoms. The summed E-state index contributed by atoms with van der Waals surface area (Å²) >= 11 is 0. The maximum atomic E-state index is 9.79. The zero-order valence-corrected chi connectivity index (χ0v) is 16.2. The third-order valence-electron chi connectivity index (χ3n) is 4.38. The first-order valence-electron chi connectivity index (χ1n) is 9.10. The van der Waals surface area contributed by atoms with Gasteiger partial charge < -0.3 is 19.9 Å². The first kappa shape index (κ1) is 19.4. The maximum Gasteiger partial charge on any atom is 0.212 e. The van der Waals surface area contributed by atoms with Crippen molar-refractivity contribution in [3.63, 3.8) is 0 Å². The van der Waals surface area contributed by atoms with E-state index in [0.29, 0.717) is 23.1 Å². The van der Waals surface area contributed by atoms with E-state index in [-0.39, 0.29) is 11.8 Å². The quantitative estimate of drug-likeness (QED) is 0.605. The third-order valence-corrected chi connectivity index (χ3v) is 4.38. The number of hydrogen-bond donors (Lipinski definition) is 2. The van der Waals surface area contributed by atoms with E-state index >= 15 is 0 Å². The highest BCUT2D eigenvalue weighted by molar-refractivity contribution is 5.64. The van der Waals surface area contributed by atoms with Gasteiger partial charge in [-0.1, -0.05) is 19.4 Å². The number of aromatic hydroxyl groups is 1. The Kier molecular flexibility index (Phi) is 6.26. The number of nitrogens with one attached hydrogen (secondary N) is 1. The maximum absolute atomic E-state index is 9.79. The molecule has 3 rings (SSSR count). The van der Waals surface area contributed by atoms with Gasteiger partial charge in [0.1, 0.15) is 5.82 Å². The summed E-state index contributed by atoms with van der Waals surface area (Å²) in [5.74, 6) is 1.73. The van der Waals surface area contributed by atoms with Crippen molar-refractivity contribution in [2.75, 3.05) is 19.5 Å². The number of benzene rings is 1. The molecule has 7 heteroatoms. The highest BCUT2D eigenvalue weighted by atomic mass is 16.5. The second-order valence-electron chi connectivity index (χ2n) is 6.30. The largest absolute Gasteiger partial charge is 0.504 e. The fraction of sp³-hybridized carbons (Fsp3) is 0.286. The summed E-state index contributed by atoms with van der Waals surface area (Å²) in [7, 11) is 3.11. The molecular weight excluding hydrogens is 356 g/mol. The van der Waals surface area contributed by atoms with Gasteiger partial charge in [-0.05, 0) is 30.2 Å². The van der Waals surface area contributed by atoms with Crippen LogP contribution in [-0.2, 0) is 0 Å². The fourth-order valence-corrected chi connectivity index (χ4v) is 2.92. The molecule has 1 aromatic carbocycles. The zero-order valence-electron chi connectivity index (χ0n) is 16.2. The van der Waals surface area contributed by atoms with Gasteiger partial charge in [-0.15, -0.1) is 0 Å². The normalized spacial score (nSPS) is 11.7. The summed E-state index contributed by atoms with van der Waals surface area (Å²) in [4.78, 5) is 13.3. The van der Waals surface area contributed by atoms with Gasteiger partial charge in [-0.3, -0.25) is 4.98 Å². The van der Waals surface area contributed by atoms with Crippen LogP contribution in [0.2, 0.25) is 0 Å². The minimum Gasteiger partial charge on any atom is -0.504 e. The first-order chi connectivity index (χ1) is 13.6. The molecular formula is C21H24N4O3. The smallest absolute Gasteiger partial charge is 0.212 e. The molecule has 1 unspecified atom stereocenters. The van der Waals surface area contributed by atoms with E-state index in [9.17, 15) is 5.11 Å². The SMILES string of the molecule is CCCC(Nc1cncc(-c2ccc(O)c(OC)c2)n1)c1ccc(OC)nc1. The molecule has 0 aliphatic heterocycles. The van der Waals surface area contributed by atoms with Crippen LogP contribution in [-0.4, -0.2) is 34.3 Å². The molecule has 0 amide bonds. The van der Waals surface area contributed by atoms with E-state index < -0.39 is 0 Å². The predicted octanol–water partition coefficient (Wildman–Crippen LogP) is 4.21. The van der Waals surface area contributed by atoms with E-state index in [1.807, 2.05) is 18.3 Å². The van der Waals surface area contributed by atoms with Crippen LogP contribution >= 0.6 is 0 Å². The lowest BCUT2D eigenvalue weighted by Gasteiger charge is -2.19. The molecule has 1 atom stereocenters. The Morgan fingerprint density at radius 1 is 1.07 bits per heavy atom. The third kappa shape index (κ3) is 4.49. The van der Waals surface area contributed by atoms with Gasteiger partial charge in [0.15, 0.2) is 11.5 Å². The molecule has 0 radical (unpaired) electrons. The van der Waals surface area contributed by atoms with Crippen molar-refractivity contribution < 1.29 is 14.6 Å². The molecule has 2 aromatic heterocycles. The molecule has 2 heterocycles. The summed E-state index contributed by atoms with van der Waals surface area (Å²) in [5.41, 5.74) is 2.55. The van der Waals surface area contributed by atoms with Gasteiger partial charge in [0.05, 0.1) is 38.3 Å². The number of phenolic OH excluding ortho intramolecular Hbond substituents is 1. The van der Waals surface area contributed by atoms with Crippen LogP contribution in [0.1, 0.15) is 31.4 Å². The Hall–Kier alpha value is -3.35. The molecule has 7 nitrogen and oxygen atoms in total. The predicted molar refractivity (Wildman–Crippen MR) is 108 cm³/mol. The van der Waals surface area contributed by atoms with Gasteiger partial charge in [0.2, 0.25) is 5.88 Å². The number of pyridine rings is 1. The molecule has 146 valence electrons. The van der Waals surface area contributed by atoms with Crippen LogP contribution in [0.3, 0.4) is 0 Å². The topological polar surface area (TPSA) is 89.4 Å². The molecule has 0 saturated heterocycles. The van der Waals surface area contributed by atoms with E-state index in [1.165, 1.54) is 7.11 Å². The highest BCUT2D eigenvalue weighted by Gasteiger charge is 2.13. The van der Waals surface area contributed by atoms with Gasteiger partial charge in [-0.2, -0.15) is 0 Å². The molecule has 3 aromatic rings. The molecule has 0 spiro atoms. The van der Waals surface area contributed by atoms with Crippen LogP contribution in [0, 0.1) is 0 Å². The first-order valence-corrected chi connectivity index (χ1v) is 9.10. The van der Waals surface area contributed by atoms with E-state index in [1.54, 1.807) is 37.7 Å². The number of rotatable bonds is 8. The van der Waals surface area contributed by atoms with E-state index in [0.717, 1.165) is 24.0 Å². The molecule has 0 saturated carbocycles. The monoisotopic (exact) mass is 380 g/mol. The Labute approximate surface area is 164 Å². The highest BCUT2D eigenvalue weighted by Crippen LogP contribution is 2.31. The molecule has 2 N–H and O–H groups in total. The Bertz CT molecular complexity index is 916.